The molecular weight excluding hydrogens is 230 g/mol. The fourth-order valence-electron chi connectivity index (χ4n) is 0.308. The van der Waals surface area contributed by atoms with Crippen molar-refractivity contribution >= 4 is 38.4 Å². The second-order valence-corrected chi connectivity index (χ2v) is 3.50. The average molecular weight is 241 g/mol. The summed E-state index contributed by atoms with van der Waals surface area (Å²) in [4.78, 5) is 26.6. The van der Waals surface area contributed by atoms with Crippen molar-refractivity contribution in [2.24, 2.45) is 0 Å². The molecule has 0 spiro atoms. The zero-order valence-electron chi connectivity index (χ0n) is 6.30. The zero-order valence-corrected chi connectivity index (χ0v) is 8.82. The molecule has 0 aromatic rings. The van der Waals surface area contributed by atoms with Gasteiger partial charge in [0.15, 0.2) is 0 Å². The van der Waals surface area contributed by atoms with Crippen LogP contribution in [0.4, 0.5) is 0 Å². The summed E-state index contributed by atoms with van der Waals surface area (Å²) >= 11 is 0. The van der Waals surface area contributed by atoms with Crippen molar-refractivity contribution in [1.29, 1.82) is 0 Å². The fraction of sp³-hybridized carbons (Fsp3) is 0.750. The van der Waals surface area contributed by atoms with Crippen LogP contribution in [-0.2, 0) is 14.1 Å². The van der Waals surface area contributed by atoms with Crippen molar-refractivity contribution in [2.45, 2.75) is 6.92 Å². The number of carbonyl (C=O) groups is 1. The third-order valence-corrected chi connectivity index (χ3v) is 1.45. The lowest BCUT2D eigenvalue weighted by atomic mass is 10.8. The molecule has 76 valence electrons. The van der Waals surface area contributed by atoms with E-state index in [4.69, 9.17) is 9.79 Å². The van der Waals surface area contributed by atoms with Crippen LogP contribution in [0.2, 0.25) is 0 Å². The molecule has 0 atom stereocenters. The van der Waals surface area contributed by atoms with Crippen LogP contribution in [0.25, 0.3) is 0 Å². The van der Waals surface area contributed by atoms with Crippen LogP contribution >= 0.6 is 32.4 Å². The largest absolute Gasteiger partial charge is 0.465 e. The van der Waals surface area contributed by atoms with E-state index in [2.05, 4.69) is 4.74 Å². The Kier molecular flexibility index (Phi) is 11.8. The zero-order chi connectivity index (χ0) is 8.20. The number of rotatable bonds is 3. The van der Waals surface area contributed by atoms with Gasteiger partial charge in [0.05, 0.1) is 6.16 Å². The van der Waals surface area contributed by atoms with Gasteiger partial charge in [0.2, 0.25) is 0 Å². The molecule has 0 aliphatic carbocycles. The van der Waals surface area contributed by atoms with E-state index in [0.29, 0.717) is 0 Å². The Balaban J connectivity index is -0.000000405. The minimum Gasteiger partial charge on any atom is -0.465 e. The molecule has 0 rings (SSSR count). The summed E-state index contributed by atoms with van der Waals surface area (Å²) in [5, 5.41) is 0. The van der Waals surface area contributed by atoms with Gasteiger partial charge < -0.3 is 14.5 Å². The molecule has 0 aromatic carbocycles. The molecule has 0 radical (unpaired) electrons. The van der Waals surface area contributed by atoms with Crippen LogP contribution in [0.15, 0.2) is 0 Å². The Bertz CT molecular complexity index is 167. The number of carbonyl (C=O) groups excluding carboxylic acids is 1. The normalized spacial score (nSPS) is 9.25. The molecule has 0 aromatic heterocycles. The number of hydrogen-bond acceptors (Lipinski definition) is 3. The maximum Gasteiger partial charge on any atom is 0.328 e. The lowest BCUT2D eigenvalue weighted by molar-refractivity contribution is -0.140. The first-order valence-corrected chi connectivity index (χ1v) is 4.39. The summed E-state index contributed by atoms with van der Waals surface area (Å²) in [5.74, 6) is -0.534. The summed E-state index contributed by atoms with van der Waals surface area (Å²) in [5.41, 5.74) is 0. The van der Waals surface area contributed by atoms with Crippen molar-refractivity contribution in [3.63, 3.8) is 0 Å². The highest BCUT2D eigenvalue weighted by molar-refractivity contribution is 7.51. The molecule has 12 heavy (non-hydrogen) atoms. The molecule has 8 heteroatoms. The highest BCUT2D eigenvalue weighted by Crippen LogP contribution is 2.33. The van der Waals surface area contributed by atoms with E-state index >= 15 is 0 Å². The van der Waals surface area contributed by atoms with Gasteiger partial charge in [-0.15, -0.1) is 24.8 Å². The summed E-state index contributed by atoms with van der Waals surface area (Å²) < 4.78 is 14.4. The van der Waals surface area contributed by atoms with Crippen LogP contribution < -0.4 is 0 Å². The number of hydrogen-bond donors (Lipinski definition) is 2. The smallest absolute Gasteiger partial charge is 0.328 e. The van der Waals surface area contributed by atoms with E-state index in [0.717, 1.165) is 0 Å². The highest BCUT2D eigenvalue weighted by Gasteiger charge is 2.12. The van der Waals surface area contributed by atoms with Gasteiger partial charge in [-0.25, -0.2) is 0 Å². The van der Waals surface area contributed by atoms with Crippen molar-refractivity contribution in [3.8, 4) is 0 Å². The van der Waals surface area contributed by atoms with Gasteiger partial charge in [0.1, 0.15) is 6.61 Å². The van der Waals surface area contributed by atoms with E-state index in [-0.39, 0.29) is 31.4 Å². The van der Waals surface area contributed by atoms with Gasteiger partial charge in [-0.2, -0.15) is 0 Å². The molecule has 0 heterocycles. The molecule has 0 fully saturated rings. The van der Waals surface area contributed by atoms with Crippen molar-refractivity contribution in [3.05, 3.63) is 0 Å². The van der Waals surface area contributed by atoms with E-state index < -0.39 is 19.7 Å². The predicted octanol–water partition coefficient (Wildman–Crippen LogP) is 0.571. The van der Waals surface area contributed by atoms with Crippen LogP contribution in [0.1, 0.15) is 6.92 Å². The van der Waals surface area contributed by atoms with Gasteiger partial charge >= 0.3 is 13.6 Å². The van der Waals surface area contributed by atoms with E-state index in [9.17, 15) is 9.36 Å². The third kappa shape index (κ3) is 16.7. The van der Waals surface area contributed by atoms with Crippen LogP contribution in [-0.4, -0.2) is 28.5 Å². The van der Waals surface area contributed by atoms with E-state index in [1.807, 2.05) is 0 Å². The molecule has 0 amide bonds. The standard InChI is InChI=1S/C4H9O5P.2ClH/c1-4(5)9-2-3-10(6,7)8;;/h2-3H2,1H3,(H2,6,7,8);2*1H. The van der Waals surface area contributed by atoms with E-state index in [1.165, 1.54) is 6.92 Å². The minimum atomic E-state index is -4.00. The minimum absolute atomic E-state index is 0. The Morgan fingerprint density at radius 2 is 1.83 bits per heavy atom. The van der Waals surface area contributed by atoms with Gasteiger partial charge in [-0.3, -0.25) is 9.36 Å². The quantitative estimate of drug-likeness (QED) is 0.557. The maximum absolute atomic E-state index is 10.1. The maximum atomic E-state index is 10.1. The molecule has 0 unspecified atom stereocenters. The van der Waals surface area contributed by atoms with E-state index in [1.54, 1.807) is 0 Å². The Labute approximate surface area is 82.5 Å². The number of ether oxygens (including phenoxy) is 1. The van der Waals surface area contributed by atoms with Gasteiger partial charge in [0.25, 0.3) is 0 Å². The third-order valence-electron chi connectivity index (χ3n) is 0.688. The Hall–Kier alpha value is 0.200. The Morgan fingerprint density at radius 3 is 2.08 bits per heavy atom. The van der Waals surface area contributed by atoms with Gasteiger partial charge in [-0.05, 0) is 0 Å². The summed E-state index contributed by atoms with van der Waals surface area (Å²) in [6.07, 6.45) is -0.410. The molecule has 5 nitrogen and oxygen atoms in total. The molecule has 0 saturated heterocycles. The molecule has 0 aliphatic rings. The van der Waals surface area contributed by atoms with Crippen molar-refractivity contribution < 1.29 is 23.9 Å². The molecular formula is C4H11Cl2O5P. The van der Waals surface area contributed by atoms with Crippen molar-refractivity contribution in [2.75, 3.05) is 12.8 Å². The second kappa shape index (κ2) is 7.83. The summed E-state index contributed by atoms with van der Waals surface area (Å²) in [6, 6.07) is 0. The number of esters is 1. The monoisotopic (exact) mass is 240 g/mol. The van der Waals surface area contributed by atoms with Crippen LogP contribution in [0.5, 0.6) is 0 Å². The van der Waals surface area contributed by atoms with Gasteiger partial charge in [-0.1, -0.05) is 0 Å². The fourth-order valence-corrected chi connectivity index (χ4v) is 0.637. The first-order chi connectivity index (χ1) is 4.42. The summed E-state index contributed by atoms with van der Waals surface area (Å²) in [6.45, 7) is 0.958. The predicted molar refractivity (Wildman–Crippen MR) is 48.0 cm³/mol. The molecule has 0 bridgehead atoms. The Morgan fingerprint density at radius 1 is 1.42 bits per heavy atom. The molecule has 2 N–H and O–H groups in total. The average Bonchev–Trinajstić information content (AvgIpc) is 1.59. The van der Waals surface area contributed by atoms with Crippen molar-refractivity contribution in [1.82, 2.24) is 0 Å². The first-order valence-electron chi connectivity index (χ1n) is 2.60. The number of halogens is 2. The topological polar surface area (TPSA) is 83.8 Å². The van der Waals surface area contributed by atoms with Crippen LogP contribution in [0, 0.1) is 0 Å². The van der Waals surface area contributed by atoms with Gasteiger partial charge in [0, 0.05) is 6.92 Å². The lowest BCUT2D eigenvalue weighted by Gasteiger charge is -2.02. The van der Waals surface area contributed by atoms with Crippen LogP contribution in [0.3, 0.4) is 0 Å². The highest BCUT2D eigenvalue weighted by atomic mass is 35.5. The molecule has 0 saturated carbocycles. The first kappa shape index (κ1) is 18.1. The SMILES string of the molecule is CC(=O)OCCP(=O)(O)O.Cl.Cl. The molecule has 0 aliphatic heterocycles. The second-order valence-electron chi connectivity index (χ2n) is 1.73. The lowest BCUT2D eigenvalue weighted by Crippen LogP contribution is -2.04. The summed E-state index contributed by atoms with van der Waals surface area (Å²) in [7, 11) is -4.00.